The summed E-state index contributed by atoms with van der Waals surface area (Å²) in [5.74, 6) is -4.01. The third-order valence-corrected chi connectivity index (χ3v) is 7.47. The molecule has 3 aromatic heterocycles. The predicted octanol–water partition coefficient (Wildman–Crippen LogP) is 7.19. The van der Waals surface area contributed by atoms with Gasteiger partial charge in [0.2, 0.25) is 0 Å². The second-order valence-corrected chi connectivity index (χ2v) is 10.6. The Labute approximate surface area is 236 Å². The molecular weight excluding hydrogens is 563 g/mol. The number of hydrogen-bond donors (Lipinski definition) is 2. The molecule has 0 fully saturated rings. The number of ether oxygens (including phenoxy) is 1. The highest BCUT2D eigenvalue weighted by Crippen LogP contribution is 2.47. The maximum absolute atomic E-state index is 13.9. The van der Waals surface area contributed by atoms with Crippen LogP contribution in [-0.4, -0.2) is 64.3 Å². The van der Waals surface area contributed by atoms with Crippen LogP contribution in [0.2, 0.25) is 0 Å². The van der Waals surface area contributed by atoms with E-state index in [0.29, 0.717) is 39.8 Å². The first-order valence-electron chi connectivity index (χ1n) is 12.5. The van der Waals surface area contributed by atoms with Gasteiger partial charge < -0.3 is 19.7 Å². The monoisotopic (exact) mass is 588 g/mol. The summed E-state index contributed by atoms with van der Waals surface area (Å²) in [6.45, 7) is 1.32. The Morgan fingerprint density at radius 2 is 1.63 bits per heavy atom. The second-order valence-electron chi connectivity index (χ2n) is 9.65. The zero-order valence-electron chi connectivity index (χ0n) is 21.9. The molecule has 5 rings (SSSR count). The molecule has 2 aromatic carbocycles. The number of thiophene rings is 1. The van der Waals surface area contributed by atoms with E-state index < -0.39 is 23.8 Å². The van der Waals surface area contributed by atoms with Crippen molar-refractivity contribution in [3.8, 4) is 39.7 Å². The summed E-state index contributed by atoms with van der Waals surface area (Å²) < 4.78 is 72.6. The van der Waals surface area contributed by atoms with Gasteiger partial charge in [-0.15, -0.1) is 11.3 Å². The highest BCUT2D eigenvalue weighted by molar-refractivity contribution is 7.17. The van der Waals surface area contributed by atoms with Crippen molar-refractivity contribution in [3.63, 3.8) is 0 Å². The summed E-state index contributed by atoms with van der Waals surface area (Å²) in [5.41, 5.74) is 2.95. The van der Waals surface area contributed by atoms with Gasteiger partial charge >= 0.3 is 12.1 Å². The predicted molar refractivity (Wildman–Crippen MR) is 148 cm³/mol. The quantitative estimate of drug-likeness (QED) is 0.178. The molecular formula is C29H25F5N4O2S. The van der Waals surface area contributed by atoms with Gasteiger partial charge in [-0.2, -0.15) is 22.0 Å². The molecule has 0 saturated carbocycles. The lowest BCUT2D eigenvalue weighted by Gasteiger charge is -2.24. The minimum Gasteiger partial charge on any atom is -0.492 e. The number of imidazole rings is 1. The van der Waals surface area contributed by atoms with Crippen molar-refractivity contribution in [2.45, 2.75) is 18.2 Å². The van der Waals surface area contributed by atoms with Crippen LogP contribution in [0.3, 0.4) is 0 Å². The number of benzene rings is 2. The fraction of sp³-hybridized carbons (Fsp3) is 0.241. The van der Waals surface area contributed by atoms with Crippen LogP contribution in [0.25, 0.3) is 44.0 Å². The normalized spacial score (nSPS) is 13.2. The summed E-state index contributed by atoms with van der Waals surface area (Å²) in [4.78, 5) is 14.3. The average Bonchev–Trinajstić information content (AvgIpc) is 3.57. The number of aromatic nitrogens is 3. The number of fused-ring (bicyclic) bond motifs is 1. The summed E-state index contributed by atoms with van der Waals surface area (Å²) >= 11 is 0.967. The third kappa shape index (κ3) is 5.81. The van der Waals surface area contributed by atoms with E-state index in [1.54, 1.807) is 36.7 Å². The van der Waals surface area contributed by atoms with Crippen molar-refractivity contribution >= 4 is 21.4 Å². The van der Waals surface area contributed by atoms with Crippen molar-refractivity contribution < 1.29 is 31.8 Å². The minimum atomic E-state index is -5.89. The zero-order chi connectivity index (χ0) is 29.4. The van der Waals surface area contributed by atoms with Gasteiger partial charge in [-0.1, -0.05) is 12.1 Å². The molecule has 0 aliphatic heterocycles. The molecule has 5 aromatic rings. The fourth-order valence-electron chi connectivity index (χ4n) is 4.26. The number of aromatic amines is 1. The number of nitrogens with zero attached hydrogens (tertiary/aromatic N) is 3. The second kappa shape index (κ2) is 11.2. The van der Waals surface area contributed by atoms with Crippen LogP contribution in [0.5, 0.6) is 5.75 Å². The standard InChI is InChI=1S/C29H25F5N4O2S/c1-38(2)13-14-40-20-6-3-18(4-7-20)27-36-24(17-9-11-35-12-10-17)25(37-27)19-5-8-21-22(16-41-23(21)15-19)26(39)28(30,31)29(32,33)34/h3-12,15-16,26,39H,13-14H2,1-2H3,(H,36,37). The number of rotatable bonds is 9. The number of hydrogen-bond acceptors (Lipinski definition) is 6. The first kappa shape index (κ1) is 28.7. The van der Waals surface area contributed by atoms with Crippen LogP contribution in [0.1, 0.15) is 11.7 Å². The smallest absolute Gasteiger partial charge is 0.456 e. The zero-order valence-corrected chi connectivity index (χ0v) is 22.7. The van der Waals surface area contributed by atoms with Gasteiger partial charge in [-0.25, -0.2) is 4.98 Å². The number of H-pyrrole nitrogens is 1. The molecule has 0 spiro atoms. The third-order valence-electron chi connectivity index (χ3n) is 6.50. The minimum absolute atomic E-state index is 0.112. The summed E-state index contributed by atoms with van der Waals surface area (Å²) in [5, 5.41) is 11.2. The topological polar surface area (TPSA) is 74.3 Å². The van der Waals surface area contributed by atoms with Crippen LogP contribution in [-0.2, 0) is 0 Å². The lowest BCUT2D eigenvalue weighted by atomic mass is 10.00. The lowest BCUT2D eigenvalue weighted by Crippen LogP contribution is -2.42. The number of likely N-dealkylation sites (N-methyl/N-ethyl adjacent to an activating group) is 1. The summed E-state index contributed by atoms with van der Waals surface area (Å²) in [7, 11) is 3.93. The van der Waals surface area contributed by atoms with E-state index in [9.17, 15) is 27.1 Å². The molecule has 214 valence electrons. The average molecular weight is 589 g/mol. The number of aliphatic hydroxyl groups excluding tert-OH is 1. The Bertz CT molecular complexity index is 1630. The molecule has 12 heteroatoms. The largest absolute Gasteiger partial charge is 0.492 e. The van der Waals surface area contributed by atoms with Gasteiger partial charge in [0.05, 0.1) is 11.4 Å². The molecule has 0 bridgehead atoms. The maximum atomic E-state index is 13.9. The highest BCUT2D eigenvalue weighted by atomic mass is 32.1. The van der Waals surface area contributed by atoms with E-state index in [1.165, 1.54) is 6.07 Å². The van der Waals surface area contributed by atoms with Gasteiger partial charge in [-0.05, 0) is 67.3 Å². The van der Waals surface area contributed by atoms with Crippen LogP contribution < -0.4 is 4.74 Å². The number of alkyl halides is 5. The first-order chi connectivity index (χ1) is 19.5. The number of pyridine rings is 1. The molecule has 0 amide bonds. The molecule has 41 heavy (non-hydrogen) atoms. The van der Waals surface area contributed by atoms with E-state index in [-0.39, 0.29) is 5.39 Å². The van der Waals surface area contributed by atoms with Gasteiger partial charge in [0, 0.05) is 45.9 Å². The fourth-order valence-corrected chi connectivity index (χ4v) is 5.28. The molecule has 0 aliphatic carbocycles. The molecule has 6 nitrogen and oxygen atoms in total. The Morgan fingerprint density at radius 3 is 2.29 bits per heavy atom. The molecule has 0 aliphatic rings. The molecule has 1 unspecified atom stereocenters. The van der Waals surface area contributed by atoms with Gasteiger partial charge in [-0.3, -0.25) is 4.98 Å². The lowest BCUT2D eigenvalue weighted by molar-refractivity contribution is -0.314. The van der Waals surface area contributed by atoms with Gasteiger partial charge in [0.25, 0.3) is 0 Å². The molecule has 1 atom stereocenters. The number of aliphatic hydroxyl groups is 1. The highest BCUT2D eigenvalue weighted by Gasteiger charge is 2.63. The van der Waals surface area contributed by atoms with Crippen LogP contribution in [0, 0.1) is 0 Å². The van der Waals surface area contributed by atoms with Gasteiger partial charge in [0.1, 0.15) is 18.2 Å². The van der Waals surface area contributed by atoms with Crippen molar-refractivity contribution in [2.75, 3.05) is 27.2 Å². The van der Waals surface area contributed by atoms with Crippen LogP contribution >= 0.6 is 11.3 Å². The first-order valence-corrected chi connectivity index (χ1v) is 13.4. The summed E-state index contributed by atoms with van der Waals surface area (Å²) in [6.07, 6.45) is -5.64. The van der Waals surface area contributed by atoms with Crippen LogP contribution in [0.4, 0.5) is 22.0 Å². The summed E-state index contributed by atoms with van der Waals surface area (Å²) in [6, 6.07) is 15.7. The van der Waals surface area contributed by atoms with Crippen molar-refractivity contribution in [1.29, 1.82) is 0 Å². The van der Waals surface area contributed by atoms with E-state index >= 15 is 0 Å². The molecule has 2 N–H and O–H groups in total. The van der Waals surface area contributed by atoms with E-state index in [4.69, 9.17) is 9.72 Å². The number of halogens is 5. The SMILES string of the molecule is CN(C)CCOc1ccc(-c2nc(-c3ccc4c(C(O)C(F)(F)C(F)(F)F)csc4c3)c(-c3ccncc3)[nH]2)cc1. The van der Waals surface area contributed by atoms with Crippen molar-refractivity contribution in [2.24, 2.45) is 0 Å². The molecule has 0 radical (unpaired) electrons. The Morgan fingerprint density at radius 1 is 0.951 bits per heavy atom. The molecule has 3 heterocycles. The van der Waals surface area contributed by atoms with Crippen LogP contribution in [0.15, 0.2) is 72.4 Å². The van der Waals surface area contributed by atoms with Crippen molar-refractivity contribution in [1.82, 2.24) is 19.9 Å². The van der Waals surface area contributed by atoms with E-state index in [1.807, 2.05) is 43.3 Å². The maximum Gasteiger partial charge on any atom is 0.456 e. The number of nitrogens with one attached hydrogen (secondary N) is 1. The van der Waals surface area contributed by atoms with Crippen molar-refractivity contribution in [3.05, 3.63) is 77.9 Å². The Kier molecular flexibility index (Phi) is 7.82. The van der Waals surface area contributed by atoms with Gasteiger partial charge in [0.15, 0.2) is 6.10 Å². The van der Waals surface area contributed by atoms with E-state index in [0.717, 1.165) is 34.4 Å². The molecule has 0 saturated heterocycles. The Balaban J connectivity index is 1.51. The Hall–Kier alpha value is -3.87. The van der Waals surface area contributed by atoms with E-state index in [2.05, 4.69) is 9.97 Å².